The molecule has 0 bridgehead atoms. The van der Waals surface area contributed by atoms with Gasteiger partial charge in [-0.1, -0.05) is 18.2 Å². The molecule has 3 nitrogen and oxygen atoms in total. The number of hydrogen-bond donors (Lipinski definition) is 0. The summed E-state index contributed by atoms with van der Waals surface area (Å²) in [4.78, 5) is 15.3. The number of halogens is 5. The van der Waals surface area contributed by atoms with Crippen molar-refractivity contribution in [3.63, 3.8) is 0 Å². The fourth-order valence-electron chi connectivity index (χ4n) is 1.99. The zero-order chi connectivity index (χ0) is 17.7. The molecule has 128 valence electrons. The minimum absolute atomic E-state index is 0.00514. The van der Waals surface area contributed by atoms with Crippen molar-refractivity contribution in [3.05, 3.63) is 59.4 Å². The summed E-state index contributed by atoms with van der Waals surface area (Å²) in [5.74, 6) is -0.471. The minimum atomic E-state index is -4.51. The number of rotatable bonds is 6. The van der Waals surface area contributed by atoms with E-state index < -0.39 is 18.5 Å². The molecule has 0 aliphatic rings. The molecule has 0 atom stereocenters. The maximum Gasteiger partial charge on any atom is 0.433 e. The van der Waals surface area contributed by atoms with Crippen molar-refractivity contribution >= 4 is 5.78 Å². The normalized spacial score (nSPS) is 11.6. The van der Waals surface area contributed by atoms with Crippen LogP contribution >= 0.6 is 0 Å². The van der Waals surface area contributed by atoms with Crippen LogP contribution in [0.15, 0.2) is 42.6 Å². The summed E-state index contributed by atoms with van der Waals surface area (Å²) in [6.07, 6.45) is -3.26. The Morgan fingerprint density at radius 3 is 2.50 bits per heavy atom. The summed E-state index contributed by atoms with van der Waals surface area (Å²) < 4.78 is 65.7. The van der Waals surface area contributed by atoms with E-state index >= 15 is 0 Å². The second-order valence-corrected chi connectivity index (χ2v) is 4.88. The van der Waals surface area contributed by atoms with Crippen LogP contribution < -0.4 is 4.74 Å². The lowest BCUT2D eigenvalue weighted by Crippen LogP contribution is -2.08. The van der Waals surface area contributed by atoms with Crippen LogP contribution in [0.4, 0.5) is 22.0 Å². The lowest BCUT2D eigenvalue weighted by Gasteiger charge is -2.07. The Morgan fingerprint density at radius 2 is 1.92 bits per heavy atom. The molecule has 2 rings (SSSR count). The molecule has 1 heterocycles. The molecule has 0 saturated carbocycles. The number of nitrogens with zero attached hydrogens (tertiary/aromatic N) is 1. The topological polar surface area (TPSA) is 39.2 Å². The largest absolute Gasteiger partial charge is 0.435 e. The molecule has 24 heavy (non-hydrogen) atoms. The number of Topliss-reactive ketones (excluding diaryl/α,β-unsaturated/α-hetero) is 1. The van der Waals surface area contributed by atoms with Gasteiger partial charge in [0.15, 0.2) is 5.78 Å². The SMILES string of the molecule is O=C(CCc1ccc(C(F)(F)F)nc1)c1cccc(OC(F)F)c1. The molecule has 0 unspecified atom stereocenters. The van der Waals surface area contributed by atoms with Crippen molar-refractivity contribution in [3.8, 4) is 5.75 Å². The Balaban J connectivity index is 1.98. The van der Waals surface area contributed by atoms with Gasteiger partial charge in [0, 0.05) is 18.2 Å². The lowest BCUT2D eigenvalue weighted by molar-refractivity contribution is -0.141. The second kappa shape index (κ2) is 7.37. The molecule has 0 saturated heterocycles. The molecule has 0 radical (unpaired) electrons. The van der Waals surface area contributed by atoms with Crippen molar-refractivity contribution in [2.75, 3.05) is 0 Å². The first-order valence-corrected chi connectivity index (χ1v) is 6.86. The third-order valence-electron chi connectivity index (χ3n) is 3.14. The predicted molar refractivity (Wildman–Crippen MR) is 75.0 cm³/mol. The number of benzene rings is 1. The summed E-state index contributed by atoms with van der Waals surface area (Å²) in [5.41, 5.74) is -0.348. The van der Waals surface area contributed by atoms with Gasteiger partial charge in [-0.15, -0.1) is 0 Å². The Bertz CT molecular complexity index is 698. The third-order valence-corrected chi connectivity index (χ3v) is 3.14. The Hall–Kier alpha value is -2.51. The van der Waals surface area contributed by atoms with E-state index in [0.29, 0.717) is 5.56 Å². The van der Waals surface area contributed by atoms with Crippen molar-refractivity contribution in [2.45, 2.75) is 25.6 Å². The van der Waals surface area contributed by atoms with E-state index in [9.17, 15) is 26.7 Å². The van der Waals surface area contributed by atoms with Gasteiger partial charge in [0.25, 0.3) is 0 Å². The first kappa shape index (κ1) is 17.8. The first-order chi connectivity index (χ1) is 11.3. The van der Waals surface area contributed by atoms with Crippen LogP contribution in [0.3, 0.4) is 0 Å². The highest BCUT2D eigenvalue weighted by Gasteiger charge is 2.31. The number of hydrogen-bond acceptors (Lipinski definition) is 3. The number of aromatic nitrogens is 1. The fraction of sp³-hybridized carbons (Fsp3) is 0.250. The molecule has 0 aliphatic carbocycles. The van der Waals surface area contributed by atoms with Crippen LogP contribution in [-0.2, 0) is 12.6 Å². The minimum Gasteiger partial charge on any atom is -0.435 e. The van der Waals surface area contributed by atoms with Crippen LogP contribution in [0.25, 0.3) is 0 Å². The molecular formula is C16H12F5NO2. The molecule has 0 aliphatic heterocycles. The average molecular weight is 345 g/mol. The number of alkyl halides is 5. The van der Waals surface area contributed by atoms with Gasteiger partial charge in [-0.2, -0.15) is 22.0 Å². The van der Waals surface area contributed by atoms with Crippen molar-refractivity contribution in [1.82, 2.24) is 4.98 Å². The van der Waals surface area contributed by atoms with E-state index in [1.54, 1.807) is 0 Å². The number of ketones is 1. The first-order valence-electron chi connectivity index (χ1n) is 6.86. The van der Waals surface area contributed by atoms with Gasteiger partial charge in [0.1, 0.15) is 11.4 Å². The number of carbonyl (C=O) groups is 1. The van der Waals surface area contributed by atoms with E-state index in [1.165, 1.54) is 30.3 Å². The molecule has 0 fully saturated rings. The monoisotopic (exact) mass is 345 g/mol. The molecule has 1 aromatic carbocycles. The van der Waals surface area contributed by atoms with Gasteiger partial charge < -0.3 is 4.74 Å². The number of carbonyl (C=O) groups excluding carboxylic acids is 1. The quantitative estimate of drug-likeness (QED) is 0.571. The van der Waals surface area contributed by atoms with Gasteiger partial charge in [0.2, 0.25) is 0 Å². The van der Waals surface area contributed by atoms with Crippen LogP contribution in [0.2, 0.25) is 0 Å². The van der Waals surface area contributed by atoms with E-state index in [1.807, 2.05) is 0 Å². The van der Waals surface area contributed by atoms with Crippen molar-refractivity contribution in [2.24, 2.45) is 0 Å². The van der Waals surface area contributed by atoms with Gasteiger partial charge >= 0.3 is 12.8 Å². The molecule has 0 amide bonds. The molecule has 2 aromatic rings. The third kappa shape index (κ3) is 5.00. The summed E-state index contributed by atoms with van der Waals surface area (Å²) >= 11 is 0. The highest BCUT2D eigenvalue weighted by molar-refractivity contribution is 5.96. The maximum absolute atomic E-state index is 12.4. The molecule has 8 heteroatoms. The molecular weight excluding hydrogens is 333 g/mol. The van der Waals surface area contributed by atoms with Crippen molar-refractivity contribution in [1.29, 1.82) is 0 Å². The fourth-order valence-corrected chi connectivity index (χ4v) is 1.99. The maximum atomic E-state index is 12.4. The van der Waals surface area contributed by atoms with E-state index in [4.69, 9.17) is 0 Å². The Labute approximate surface area is 134 Å². The highest BCUT2D eigenvalue weighted by atomic mass is 19.4. The zero-order valence-corrected chi connectivity index (χ0v) is 12.2. The molecule has 1 aromatic heterocycles. The highest BCUT2D eigenvalue weighted by Crippen LogP contribution is 2.27. The van der Waals surface area contributed by atoms with E-state index in [2.05, 4.69) is 9.72 Å². The smallest absolute Gasteiger partial charge is 0.433 e. The van der Waals surface area contributed by atoms with Crippen LogP contribution in [0.5, 0.6) is 5.75 Å². The summed E-state index contributed by atoms with van der Waals surface area (Å²) in [6, 6.07) is 7.44. The summed E-state index contributed by atoms with van der Waals surface area (Å²) in [5, 5.41) is 0. The molecule has 0 N–H and O–H groups in total. The number of ether oxygens (including phenoxy) is 1. The lowest BCUT2D eigenvalue weighted by atomic mass is 10.0. The summed E-state index contributed by atoms with van der Waals surface area (Å²) in [6.45, 7) is -2.99. The van der Waals surface area contributed by atoms with Crippen LogP contribution in [0, 0.1) is 0 Å². The standard InChI is InChI=1S/C16H12F5NO2/c17-15(18)24-12-3-1-2-11(8-12)13(23)6-4-10-5-7-14(22-9-10)16(19,20)21/h1-3,5,7-9,15H,4,6H2. The Kier molecular flexibility index (Phi) is 5.48. The predicted octanol–water partition coefficient (Wildman–Crippen LogP) is 4.52. The van der Waals surface area contributed by atoms with Crippen LogP contribution in [-0.4, -0.2) is 17.4 Å². The Morgan fingerprint density at radius 1 is 1.17 bits per heavy atom. The summed E-state index contributed by atoms with van der Waals surface area (Å²) in [7, 11) is 0. The van der Waals surface area contributed by atoms with Gasteiger partial charge in [0.05, 0.1) is 0 Å². The zero-order valence-electron chi connectivity index (χ0n) is 12.2. The van der Waals surface area contributed by atoms with Gasteiger partial charge in [-0.3, -0.25) is 9.78 Å². The van der Waals surface area contributed by atoms with Crippen LogP contribution in [0.1, 0.15) is 28.0 Å². The van der Waals surface area contributed by atoms with E-state index in [-0.39, 0.29) is 29.9 Å². The number of aryl methyl sites for hydroxylation is 1. The molecule has 0 spiro atoms. The van der Waals surface area contributed by atoms with E-state index in [0.717, 1.165) is 12.3 Å². The second-order valence-electron chi connectivity index (χ2n) is 4.88. The van der Waals surface area contributed by atoms with Crippen molar-refractivity contribution < 1.29 is 31.5 Å². The van der Waals surface area contributed by atoms with Gasteiger partial charge in [-0.05, 0) is 30.2 Å². The van der Waals surface area contributed by atoms with Gasteiger partial charge in [-0.25, -0.2) is 0 Å². The average Bonchev–Trinajstić information content (AvgIpc) is 2.52. The number of pyridine rings is 1.